The van der Waals surface area contributed by atoms with Crippen molar-refractivity contribution < 1.29 is 29.0 Å². The van der Waals surface area contributed by atoms with Gasteiger partial charge in [0, 0.05) is 0 Å². The first-order chi connectivity index (χ1) is 15.6. The van der Waals surface area contributed by atoms with Crippen LogP contribution in [0.2, 0.25) is 0 Å². The lowest BCUT2D eigenvalue weighted by Crippen LogP contribution is -2.61. The van der Waals surface area contributed by atoms with Gasteiger partial charge in [0.25, 0.3) is 5.91 Å². The Morgan fingerprint density at radius 1 is 0.970 bits per heavy atom. The van der Waals surface area contributed by atoms with Crippen LogP contribution in [-0.4, -0.2) is 41.5 Å². The second kappa shape index (κ2) is 11.6. The first kappa shape index (κ1) is 26.0. The summed E-state index contributed by atoms with van der Waals surface area (Å²) in [5.41, 5.74) is -2.03. The summed E-state index contributed by atoms with van der Waals surface area (Å²) in [4.78, 5) is 31.7. The molecule has 8 nitrogen and oxygen atoms in total. The largest absolute Gasteiger partial charge is 0.494 e. The van der Waals surface area contributed by atoms with Crippen LogP contribution in [0.3, 0.4) is 0 Å². The predicted molar refractivity (Wildman–Crippen MR) is 126 cm³/mol. The molecular weight excluding hydrogens is 424 g/mol. The van der Waals surface area contributed by atoms with E-state index in [0.717, 1.165) is 17.9 Å². The maximum Gasteiger partial charge on any atom is 0.408 e. The summed E-state index contributed by atoms with van der Waals surface area (Å²) in [5, 5.41) is 13.5. The Morgan fingerprint density at radius 2 is 1.58 bits per heavy atom. The van der Waals surface area contributed by atoms with Crippen molar-refractivity contribution in [3.63, 3.8) is 0 Å². The highest BCUT2D eigenvalue weighted by Gasteiger charge is 2.41. The molecule has 0 aliphatic carbocycles. The van der Waals surface area contributed by atoms with E-state index in [4.69, 9.17) is 14.3 Å². The monoisotopic (exact) mass is 458 g/mol. The van der Waals surface area contributed by atoms with Gasteiger partial charge in [-0.15, -0.1) is 5.06 Å². The number of carbonyl (C=O) groups excluding carboxylic acids is 2. The van der Waals surface area contributed by atoms with Crippen LogP contribution in [0.4, 0.5) is 10.5 Å². The smallest absolute Gasteiger partial charge is 0.408 e. The van der Waals surface area contributed by atoms with Gasteiger partial charge in [-0.3, -0.25) is 4.79 Å². The number of aliphatic hydroxyl groups excluding tert-OH is 1. The number of hydroxylamine groups is 1. The number of hydrogen-bond acceptors (Lipinski definition) is 6. The topological polar surface area (TPSA) is 97.3 Å². The first-order valence-corrected chi connectivity index (χ1v) is 11.0. The molecule has 1 unspecified atom stereocenters. The molecule has 0 spiro atoms. The van der Waals surface area contributed by atoms with E-state index in [9.17, 15) is 14.7 Å². The summed E-state index contributed by atoms with van der Waals surface area (Å²) >= 11 is 0. The molecule has 0 saturated heterocycles. The summed E-state index contributed by atoms with van der Waals surface area (Å²) in [6, 6.07) is 15.5. The molecule has 0 fully saturated rings. The van der Waals surface area contributed by atoms with Gasteiger partial charge in [0.1, 0.15) is 16.9 Å². The molecule has 0 aliphatic rings. The summed E-state index contributed by atoms with van der Waals surface area (Å²) in [6.45, 7) is 8.58. The number of benzene rings is 2. The Hall–Kier alpha value is -3.26. The van der Waals surface area contributed by atoms with Gasteiger partial charge < -0.3 is 24.7 Å². The second-order valence-electron chi connectivity index (χ2n) is 8.82. The van der Waals surface area contributed by atoms with E-state index in [0.29, 0.717) is 23.8 Å². The van der Waals surface area contributed by atoms with Crippen LogP contribution >= 0.6 is 0 Å². The number of amides is 2. The zero-order valence-electron chi connectivity index (χ0n) is 20.0. The lowest BCUT2D eigenvalue weighted by Gasteiger charge is -2.33. The fraction of sp³-hybridized carbons (Fsp3) is 0.440. The molecule has 180 valence electrons. The van der Waals surface area contributed by atoms with Crippen LogP contribution in [0.15, 0.2) is 54.6 Å². The van der Waals surface area contributed by atoms with Crippen molar-refractivity contribution in [1.29, 1.82) is 0 Å². The molecule has 2 rings (SSSR count). The number of rotatable bonds is 10. The molecule has 0 radical (unpaired) electrons. The van der Waals surface area contributed by atoms with E-state index >= 15 is 0 Å². The number of nitrogens with one attached hydrogen (secondary N) is 1. The molecule has 8 heteroatoms. The summed E-state index contributed by atoms with van der Waals surface area (Å²) in [7, 11) is 0. The highest BCUT2D eigenvalue weighted by atomic mass is 16.7. The molecule has 0 aromatic heterocycles. The van der Waals surface area contributed by atoms with Gasteiger partial charge in [-0.25, -0.2) is 4.79 Å². The molecule has 1 atom stereocenters. The Labute approximate surface area is 195 Å². The molecule has 2 aromatic carbocycles. The van der Waals surface area contributed by atoms with Crippen LogP contribution in [-0.2, 0) is 9.53 Å². The minimum Gasteiger partial charge on any atom is -0.494 e. The highest BCUT2D eigenvalue weighted by molar-refractivity contribution is 6.00. The molecule has 0 aliphatic heterocycles. The zero-order valence-corrected chi connectivity index (χ0v) is 20.0. The lowest BCUT2D eigenvalue weighted by molar-refractivity contribution is -0.130. The van der Waals surface area contributed by atoms with E-state index in [1.165, 1.54) is 6.92 Å². The third-order valence-electron chi connectivity index (χ3n) is 4.53. The molecule has 2 amide bonds. The van der Waals surface area contributed by atoms with Gasteiger partial charge in [0.2, 0.25) is 0 Å². The SMILES string of the molecule is CCCCOc1ccc(ON(C(=O)C(C)(CO)NC(=O)OC(C)(C)C)c2ccccc2)cc1. The minimum absolute atomic E-state index is 0.382. The van der Waals surface area contributed by atoms with Crippen molar-refractivity contribution in [2.24, 2.45) is 0 Å². The third kappa shape index (κ3) is 7.98. The number of alkyl carbamates (subject to hydrolysis) is 1. The fourth-order valence-corrected chi connectivity index (χ4v) is 2.72. The summed E-state index contributed by atoms with van der Waals surface area (Å²) < 4.78 is 10.9. The van der Waals surface area contributed by atoms with Crippen molar-refractivity contribution in [3.05, 3.63) is 54.6 Å². The zero-order chi connectivity index (χ0) is 24.5. The van der Waals surface area contributed by atoms with Gasteiger partial charge in [0.05, 0.1) is 18.9 Å². The second-order valence-corrected chi connectivity index (χ2v) is 8.82. The molecule has 2 N–H and O–H groups in total. The number of para-hydroxylation sites is 1. The van der Waals surface area contributed by atoms with Gasteiger partial charge in [-0.1, -0.05) is 31.5 Å². The van der Waals surface area contributed by atoms with Gasteiger partial charge >= 0.3 is 6.09 Å². The molecule has 0 bridgehead atoms. The average molecular weight is 459 g/mol. The van der Waals surface area contributed by atoms with Crippen molar-refractivity contribution in [1.82, 2.24) is 5.32 Å². The van der Waals surface area contributed by atoms with E-state index in [-0.39, 0.29) is 0 Å². The number of nitrogens with zero attached hydrogens (tertiary/aromatic N) is 1. The van der Waals surface area contributed by atoms with E-state index < -0.39 is 29.7 Å². The van der Waals surface area contributed by atoms with Crippen LogP contribution in [0.5, 0.6) is 11.5 Å². The number of unbranched alkanes of at least 4 members (excludes halogenated alkanes) is 1. The highest BCUT2D eigenvalue weighted by Crippen LogP contribution is 2.24. The van der Waals surface area contributed by atoms with Gasteiger partial charge in [-0.2, -0.15) is 0 Å². The Bertz CT molecular complexity index is 895. The number of anilines is 1. The van der Waals surface area contributed by atoms with Crippen molar-refractivity contribution in [3.8, 4) is 11.5 Å². The maximum absolute atomic E-state index is 13.5. The standard InChI is InChI=1S/C25H34N2O6/c1-6-7-17-31-20-13-15-21(16-14-20)33-27(19-11-9-8-10-12-19)22(29)25(5,18-28)26-23(30)32-24(2,3)4/h8-16,28H,6-7,17-18H2,1-5H3,(H,26,30). The van der Waals surface area contributed by atoms with Crippen molar-refractivity contribution in [2.75, 3.05) is 18.3 Å². The first-order valence-electron chi connectivity index (χ1n) is 11.0. The van der Waals surface area contributed by atoms with Crippen LogP contribution < -0.4 is 20.0 Å². The van der Waals surface area contributed by atoms with Crippen molar-refractivity contribution >= 4 is 17.7 Å². The molecule has 33 heavy (non-hydrogen) atoms. The van der Waals surface area contributed by atoms with Gasteiger partial charge in [0.15, 0.2) is 5.75 Å². The van der Waals surface area contributed by atoms with E-state index in [2.05, 4.69) is 12.2 Å². The summed E-state index contributed by atoms with van der Waals surface area (Å²) in [6.07, 6.45) is 1.17. The minimum atomic E-state index is -1.69. The molecular formula is C25H34N2O6. The summed E-state index contributed by atoms with van der Waals surface area (Å²) in [5.74, 6) is 0.401. The van der Waals surface area contributed by atoms with Crippen LogP contribution in [0.25, 0.3) is 0 Å². The van der Waals surface area contributed by atoms with E-state index in [1.54, 1.807) is 75.4 Å². The Kier molecular flexibility index (Phi) is 9.11. The van der Waals surface area contributed by atoms with Crippen molar-refractivity contribution in [2.45, 2.75) is 58.6 Å². The Balaban J connectivity index is 2.26. The third-order valence-corrected chi connectivity index (χ3v) is 4.53. The predicted octanol–water partition coefficient (Wildman–Crippen LogP) is 4.47. The van der Waals surface area contributed by atoms with Gasteiger partial charge in [-0.05, 0) is 70.5 Å². The van der Waals surface area contributed by atoms with E-state index in [1.807, 2.05) is 0 Å². The quantitative estimate of drug-likeness (QED) is 0.403. The number of ether oxygens (including phenoxy) is 2. The maximum atomic E-state index is 13.5. The van der Waals surface area contributed by atoms with Crippen LogP contribution in [0, 0.1) is 0 Å². The molecule has 0 heterocycles. The van der Waals surface area contributed by atoms with Crippen LogP contribution in [0.1, 0.15) is 47.5 Å². The number of aliphatic hydroxyl groups is 1. The Morgan fingerprint density at radius 3 is 2.12 bits per heavy atom. The molecule has 0 saturated carbocycles. The molecule has 2 aromatic rings. The lowest BCUT2D eigenvalue weighted by atomic mass is 10.0. The number of carbonyl (C=O) groups is 2. The number of hydrogen-bond donors (Lipinski definition) is 2. The average Bonchev–Trinajstić information content (AvgIpc) is 2.77. The normalized spacial score (nSPS) is 12.9. The fourth-order valence-electron chi connectivity index (χ4n) is 2.72.